The molecule has 1 amide bonds. The minimum atomic E-state index is -1.90. The Labute approximate surface area is 205 Å². The fraction of sp³-hybridized carbons (Fsp3) is 0.583. The highest BCUT2D eigenvalue weighted by atomic mass is 35.5. The van der Waals surface area contributed by atoms with Crippen LogP contribution in [0.15, 0.2) is 24.3 Å². The Morgan fingerprint density at radius 2 is 1.38 bits per heavy atom. The van der Waals surface area contributed by atoms with Gasteiger partial charge in [0.15, 0.2) is 0 Å². The molecule has 0 saturated heterocycles. The van der Waals surface area contributed by atoms with E-state index in [0.717, 1.165) is 19.4 Å². The molecule has 0 unspecified atom stereocenters. The van der Waals surface area contributed by atoms with E-state index < -0.39 is 41.6 Å². The van der Waals surface area contributed by atoms with Gasteiger partial charge < -0.3 is 14.4 Å². The normalized spacial score (nSPS) is 13.4. The first kappa shape index (κ1) is 29.4. The predicted octanol–water partition coefficient (Wildman–Crippen LogP) is 3.69. The van der Waals surface area contributed by atoms with Gasteiger partial charge in [-0.05, 0) is 43.9 Å². The highest BCUT2D eigenvalue weighted by Gasteiger charge is 2.44. The molecule has 0 N–H and O–H groups in total. The number of ether oxygens (including phenoxy) is 2. The molecule has 2 atom stereocenters. The van der Waals surface area contributed by atoms with Crippen LogP contribution in [0.4, 0.5) is 5.69 Å². The number of carbonyl (C=O) groups excluding carboxylic acids is 4. The number of rotatable bonds is 9. The molecule has 0 heterocycles. The second kappa shape index (κ2) is 12.2. The molecule has 0 aliphatic carbocycles. The second-order valence-corrected chi connectivity index (χ2v) is 10.0. The fourth-order valence-corrected chi connectivity index (χ4v) is 2.96. The molecule has 34 heavy (non-hydrogen) atoms. The summed E-state index contributed by atoms with van der Waals surface area (Å²) < 4.78 is 10.2. The number of nitrogens with zero attached hydrogens (tertiary/aromatic N) is 1. The fourth-order valence-electron chi connectivity index (χ4n) is 2.79. The van der Waals surface area contributed by atoms with Crippen LogP contribution in [0, 0.1) is 0 Å². The van der Waals surface area contributed by atoms with Crippen LogP contribution in [-0.4, -0.2) is 54.0 Å². The average molecular weight is 500 g/mol. The Morgan fingerprint density at radius 3 is 1.79 bits per heavy atom. The number of carbonyl (C=O) groups is 4. The molecule has 10 heteroatoms. The smallest absolute Gasteiger partial charge is 0.387 e. The lowest BCUT2D eigenvalue weighted by Crippen LogP contribution is -2.52. The van der Waals surface area contributed by atoms with Crippen LogP contribution in [0.5, 0.6) is 0 Å². The van der Waals surface area contributed by atoms with E-state index in [9.17, 15) is 19.2 Å². The van der Waals surface area contributed by atoms with Crippen LogP contribution in [-0.2, 0) is 43.8 Å². The maximum Gasteiger partial charge on any atom is 0.387 e. The lowest BCUT2D eigenvalue weighted by Gasteiger charge is -2.30. The van der Waals surface area contributed by atoms with Gasteiger partial charge in [0.05, 0.1) is 0 Å². The first-order chi connectivity index (χ1) is 15.6. The third-order valence-electron chi connectivity index (χ3n) is 4.33. The van der Waals surface area contributed by atoms with E-state index in [1.165, 1.54) is 4.90 Å². The van der Waals surface area contributed by atoms with Gasteiger partial charge in [-0.3, -0.25) is 19.3 Å². The van der Waals surface area contributed by atoms with Gasteiger partial charge in [-0.15, -0.1) is 11.6 Å². The van der Waals surface area contributed by atoms with Crippen molar-refractivity contribution in [1.29, 1.82) is 0 Å². The monoisotopic (exact) mass is 499 g/mol. The molecule has 1 aromatic carbocycles. The summed E-state index contributed by atoms with van der Waals surface area (Å²) in [4.78, 5) is 60.8. The molecule has 0 aromatic heterocycles. The van der Waals surface area contributed by atoms with Gasteiger partial charge in [0, 0.05) is 32.0 Å². The number of benzene rings is 1. The van der Waals surface area contributed by atoms with Crippen molar-refractivity contribution in [3.8, 4) is 0 Å². The summed E-state index contributed by atoms with van der Waals surface area (Å²) in [6.07, 6.45) is -3.73. The summed E-state index contributed by atoms with van der Waals surface area (Å²) in [5.74, 6) is -3.73. The zero-order valence-corrected chi connectivity index (χ0v) is 21.7. The first-order valence-electron chi connectivity index (χ1n) is 10.8. The van der Waals surface area contributed by atoms with Crippen molar-refractivity contribution in [2.45, 2.75) is 78.6 Å². The summed E-state index contributed by atoms with van der Waals surface area (Å²) in [7, 11) is 0. The van der Waals surface area contributed by atoms with Crippen LogP contribution in [0.2, 0.25) is 0 Å². The molecule has 190 valence electrons. The number of hydrogen-bond acceptors (Lipinski definition) is 8. The number of anilines is 1. The highest BCUT2D eigenvalue weighted by molar-refractivity contribution is 6.18. The molecule has 1 rings (SSSR count). The van der Waals surface area contributed by atoms with Gasteiger partial charge in [0.2, 0.25) is 12.2 Å². The molecular weight excluding hydrogens is 466 g/mol. The SMILES string of the molecule is CC(=O)O[C@@H](C(=O)OOC(C)(C)C)[C@@H](OC(C)=O)C(=O)N(CCCl)c1ccc(C(C)(C)C)cc1. The topological polar surface area (TPSA) is 108 Å². The molecular formula is C24H34ClNO8. The van der Waals surface area contributed by atoms with Crippen LogP contribution in [0.25, 0.3) is 0 Å². The Morgan fingerprint density at radius 1 is 0.882 bits per heavy atom. The van der Waals surface area contributed by atoms with Crippen molar-refractivity contribution in [1.82, 2.24) is 0 Å². The summed E-state index contributed by atoms with van der Waals surface area (Å²) >= 11 is 5.93. The van der Waals surface area contributed by atoms with Gasteiger partial charge in [-0.25, -0.2) is 4.79 Å². The van der Waals surface area contributed by atoms with Gasteiger partial charge in [0.25, 0.3) is 5.91 Å². The van der Waals surface area contributed by atoms with E-state index >= 15 is 0 Å². The maximum absolute atomic E-state index is 13.5. The average Bonchev–Trinajstić information content (AvgIpc) is 2.71. The minimum absolute atomic E-state index is 0.0351. The molecule has 0 radical (unpaired) electrons. The predicted molar refractivity (Wildman–Crippen MR) is 126 cm³/mol. The van der Waals surface area contributed by atoms with E-state index in [4.69, 9.17) is 30.8 Å². The standard InChI is InChI=1S/C24H34ClNO8/c1-15(27)31-19(20(32-16(2)28)22(30)33-34-24(6,7)8)21(29)26(14-13-25)18-11-9-17(10-12-18)23(3,4)5/h9-12,19-20H,13-14H2,1-8H3/t19-,20-/m1/s1. The van der Waals surface area contributed by atoms with Crippen LogP contribution >= 0.6 is 11.6 Å². The van der Waals surface area contributed by atoms with E-state index in [1.807, 2.05) is 12.1 Å². The van der Waals surface area contributed by atoms with Gasteiger partial charge >= 0.3 is 17.9 Å². The van der Waals surface area contributed by atoms with E-state index in [-0.39, 0.29) is 17.8 Å². The zero-order valence-electron chi connectivity index (χ0n) is 21.0. The summed E-state index contributed by atoms with van der Waals surface area (Å²) in [5, 5.41) is 0. The molecule has 0 spiro atoms. The third kappa shape index (κ3) is 9.30. The number of amides is 1. The van der Waals surface area contributed by atoms with Crippen molar-refractivity contribution >= 4 is 41.1 Å². The van der Waals surface area contributed by atoms with Crippen LogP contribution in [0.1, 0.15) is 61.0 Å². The molecule has 0 fully saturated rings. The van der Waals surface area contributed by atoms with Crippen molar-refractivity contribution in [2.75, 3.05) is 17.3 Å². The largest absolute Gasteiger partial charge is 0.448 e. The van der Waals surface area contributed by atoms with Crippen LogP contribution < -0.4 is 4.90 Å². The molecule has 9 nitrogen and oxygen atoms in total. The van der Waals surface area contributed by atoms with Crippen molar-refractivity contribution in [3.63, 3.8) is 0 Å². The molecule has 0 aliphatic rings. The number of alkyl halides is 1. The first-order valence-corrected chi connectivity index (χ1v) is 11.3. The number of hydrogen-bond donors (Lipinski definition) is 0. The summed E-state index contributed by atoms with van der Waals surface area (Å²) in [5.41, 5.74) is 0.497. The molecule has 0 saturated carbocycles. The number of esters is 2. The van der Waals surface area contributed by atoms with E-state index in [2.05, 4.69) is 20.8 Å². The molecule has 0 aliphatic heterocycles. The van der Waals surface area contributed by atoms with Crippen molar-refractivity contribution in [3.05, 3.63) is 29.8 Å². The van der Waals surface area contributed by atoms with Crippen molar-refractivity contribution < 1.29 is 38.4 Å². The number of halogens is 1. The van der Waals surface area contributed by atoms with Gasteiger partial charge in [-0.2, -0.15) is 4.89 Å². The maximum atomic E-state index is 13.5. The summed E-state index contributed by atoms with van der Waals surface area (Å²) in [6, 6.07) is 7.16. The Balaban J connectivity index is 3.40. The Hall–Kier alpha value is -2.65. The minimum Gasteiger partial charge on any atom is -0.448 e. The second-order valence-electron chi connectivity index (χ2n) is 9.63. The van der Waals surface area contributed by atoms with E-state index in [1.54, 1.807) is 32.9 Å². The van der Waals surface area contributed by atoms with Gasteiger partial charge in [0.1, 0.15) is 5.60 Å². The Kier molecular flexibility index (Phi) is 10.5. The molecule has 0 bridgehead atoms. The lowest BCUT2D eigenvalue weighted by molar-refractivity contribution is -0.326. The molecule has 1 aromatic rings. The Bertz CT molecular complexity index is 870. The van der Waals surface area contributed by atoms with Crippen molar-refractivity contribution in [2.24, 2.45) is 0 Å². The quantitative estimate of drug-likeness (QED) is 0.219. The third-order valence-corrected chi connectivity index (χ3v) is 4.50. The summed E-state index contributed by atoms with van der Waals surface area (Å²) in [6.45, 7) is 13.2. The highest BCUT2D eigenvalue weighted by Crippen LogP contribution is 2.26. The lowest BCUT2D eigenvalue weighted by atomic mass is 9.87. The van der Waals surface area contributed by atoms with E-state index in [0.29, 0.717) is 5.69 Å². The van der Waals surface area contributed by atoms with Gasteiger partial charge in [-0.1, -0.05) is 32.9 Å². The zero-order chi connectivity index (χ0) is 26.3. The van der Waals surface area contributed by atoms with Crippen LogP contribution in [0.3, 0.4) is 0 Å².